The van der Waals surface area contributed by atoms with Crippen LogP contribution >= 0.6 is 0 Å². The molecule has 0 N–H and O–H groups in total. The molecule has 3 aromatic carbocycles. The van der Waals surface area contributed by atoms with Crippen molar-refractivity contribution in [2.75, 3.05) is 0 Å². The van der Waals surface area contributed by atoms with Crippen molar-refractivity contribution < 1.29 is 4.42 Å². The lowest BCUT2D eigenvalue weighted by molar-refractivity contribution is 0.589. The normalized spacial score (nSPS) is 10.8. The van der Waals surface area contributed by atoms with Crippen LogP contribution in [0.15, 0.2) is 83.3 Å². The van der Waals surface area contributed by atoms with E-state index in [9.17, 15) is 0 Å². The van der Waals surface area contributed by atoms with Gasteiger partial charge in [0.15, 0.2) is 5.76 Å². The highest BCUT2D eigenvalue weighted by Gasteiger charge is 2.17. The van der Waals surface area contributed by atoms with Crippen molar-refractivity contribution in [3.05, 3.63) is 90.0 Å². The minimum atomic E-state index is 0.645. The Kier molecular flexibility index (Phi) is 3.95. The van der Waals surface area contributed by atoms with Crippen molar-refractivity contribution >= 4 is 0 Å². The molecule has 122 valence electrons. The van der Waals surface area contributed by atoms with Crippen LogP contribution in [0, 0.1) is 13.8 Å². The lowest BCUT2D eigenvalue weighted by atomic mass is 10.0. The molecule has 25 heavy (non-hydrogen) atoms. The minimum Gasteiger partial charge on any atom is -0.435 e. The van der Waals surface area contributed by atoms with E-state index >= 15 is 0 Å². The number of rotatable bonds is 3. The van der Waals surface area contributed by atoms with Crippen LogP contribution in [0.3, 0.4) is 0 Å². The second-order valence-electron chi connectivity index (χ2n) is 6.29. The Morgan fingerprint density at radius 3 is 1.76 bits per heavy atom. The molecule has 0 amide bonds. The molecule has 2 heteroatoms. The molecule has 1 heterocycles. The Bertz CT molecular complexity index is 918. The second-order valence-corrected chi connectivity index (χ2v) is 6.29. The highest BCUT2D eigenvalue weighted by molar-refractivity contribution is 5.79. The topological polar surface area (TPSA) is 26.0 Å². The van der Waals surface area contributed by atoms with Gasteiger partial charge in [-0.3, -0.25) is 0 Å². The molecule has 0 aliphatic rings. The predicted molar refractivity (Wildman–Crippen MR) is 102 cm³/mol. The van der Waals surface area contributed by atoms with Crippen molar-refractivity contribution in [3.8, 4) is 34.0 Å². The van der Waals surface area contributed by atoms with Crippen LogP contribution in [0.4, 0.5) is 0 Å². The van der Waals surface area contributed by atoms with Gasteiger partial charge in [-0.25, -0.2) is 4.98 Å². The van der Waals surface area contributed by atoms with Gasteiger partial charge >= 0.3 is 0 Å². The quantitative estimate of drug-likeness (QED) is 0.442. The number of hydrogen-bond donors (Lipinski definition) is 0. The van der Waals surface area contributed by atoms with Gasteiger partial charge in [-0.1, -0.05) is 77.9 Å². The molecule has 4 rings (SSSR count). The standard InChI is InChI=1S/C23H19NO/c1-16-8-12-18(13-9-16)21-22(19-14-10-17(2)11-15-19)25-23(24-21)20-6-4-3-5-7-20/h3-15H,1-2H3. The maximum Gasteiger partial charge on any atom is 0.227 e. The van der Waals surface area contributed by atoms with Crippen molar-refractivity contribution in [2.24, 2.45) is 0 Å². The maximum atomic E-state index is 6.20. The van der Waals surface area contributed by atoms with Crippen molar-refractivity contribution in [2.45, 2.75) is 13.8 Å². The predicted octanol–water partition coefficient (Wildman–Crippen LogP) is 6.29. The van der Waals surface area contributed by atoms with Gasteiger partial charge in [0.25, 0.3) is 0 Å². The molecule has 0 saturated carbocycles. The first-order valence-corrected chi connectivity index (χ1v) is 8.41. The molecule has 0 saturated heterocycles. The van der Waals surface area contributed by atoms with E-state index in [2.05, 4.69) is 62.4 Å². The molecular weight excluding hydrogens is 306 g/mol. The first-order valence-electron chi connectivity index (χ1n) is 8.41. The van der Waals surface area contributed by atoms with Gasteiger partial charge in [0.1, 0.15) is 5.69 Å². The molecule has 0 atom stereocenters. The maximum absolute atomic E-state index is 6.20. The van der Waals surface area contributed by atoms with Crippen LogP contribution in [0.5, 0.6) is 0 Å². The molecule has 0 fully saturated rings. The number of oxazole rings is 1. The fourth-order valence-corrected chi connectivity index (χ4v) is 2.83. The van der Waals surface area contributed by atoms with Crippen molar-refractivity contribution in [1.82, 2.24) is 4.98 Å². The number of aromatic nitrogens is 1. The summed E-state index contributed by atoms with van der Waals surface area (Å²) in [6.45, 7) is 4.17. The summed E-state index contributed by atoms with van der Waals surface area (Å²) in [7, 11) is 0. The Morgan fingerprint density at radius 2 is 1.16 bits per heavy atom. The molecule has 0 spiro atoms. The van der Waals surface area contributed by atoms with Crippen LogP contribution in [-0.2, 0) is 0 Å². The van der Waals surface area contributed by atoms with E-state index < -0.39 is 0 Å². The van der Waals surface area contributed by atoms with Crippen LogP contribution in [0.25, 0.3) is 34.0 Å². The summed E-state index contributed by atoms with van der Waals surface area (Å²) in [6, 6.07) is 26.8. The van der Waals surface area contributed by atoms with Gasteiger partial charge in [-0.15, -0.1) is 0 Å². The van der Waals surface area contributed by atoms with Crippen LogP contribution in [0.2, 0.25) is 0 Å². The first-order chi connectivity index (χ1) is 12.2. The molecular formula is C23H19NO. The average molecular weight is 325 g/mol. The highest BCUT2D eigenvalue weighted by Crippen LogP contribution is 2.36. The molecule has 0 aliphatic heterocycles. The SMILES string of the molecule is Cc1ccc(-c2nc(-c3ccccc3)oc2-c2ccc(C)cc2)cc1. The van der Waals surface area contributed by atoms with Crippen LogP contribution in [0.1, 0.15) is 11.1 Å². The smallest absolute Gasteiger partial charge is 0.227 e. The molecule has 1 aromatic heterocycles. The Balaban J connectivity index is 1.89. The number of nitrogens with zero attached hydrogens (tertiary/aromatic N) is 1. The zero-order valence-corrected chi connectivity index (χ0v) is 14.4. The Morgan fingerprint density at radius 1 is 0.600 bits per heavy atom. The molecule has 0 bridgehead atoms. The fraction of sp³-hybridized carbons (Fsp3) is 0.0870. The van der Waals surface area contributed by atoms with Gasteiger partial charge in [0, 0.05) is 16.7 Å². The van der Waals surface area contributed by atoms with E-state index in [0.29, 0.717) is 5.89 Å². The summed E-state index contributed by atoms with van der Waals surface area (Å²) < 4.78 is 6.20. The summed E-state index contributed by atoms with van der Waals surface area (Å²) in [6.07, 6.45) is 0. The molecule has 0 unspecified atom stereocenters. The fourth-order valence-electron chi connectivity index (χ4n) is 2.83. The summed E-state index contributed by atoms with van der Waals surface area (Å²) in [5.74, 6) is 1.45. The number of aryl methyl sites for hydroxylation is 2. The van der Waals surface area contributed by atoms with E-state index in [1.54, 1.807) is 0 Å². The largest absolute Gasteiger partial charge is 0.435 e. The van der Waals surface area contributed by atoms with Crippen LogP contribution < -0.4 is 0 Å². The zero-order valence-electron chi connectivity index (χ0n) is 14.4. The molecule has 0 aliphatic carbocycles. The van der Waals surface area contributed by atoms with Crippen molar-refractivity contribution in [3.63, 3.8) is 0 Å². The first kappa shape index (κ1) is 15.4. The lowest BCUT2D eigenvalue weighted by Crippen LogP contribution is -1.84. The number of hydrogen-bond acceptors (Lipinski definition) is 2. The molecule has 4 aromatic rings. The third-order valence-electron chi connectivity index (χ3n) is 4.29. The van der Waals surface area contributed by atoms with E-state index in [-0.39, 0.29) is 0 Å². The van der Waals surface area contributed by atoms with E-state index in [4.69, 9.17) is 9.40 Å². The third-order valence-corrected chi connectivity index (χ3v) is 4.29. The highest BCUT2D eigenvalue weighted by atomic mass is 16.4. The monoisotopic (exact) mass is 325 g/mol. The third kappa shape index (κ3) is 3.11. The van der Waals surface area contributed by atoms with E-state index in [1.165, 1.54) is 11.1 Å². The number of benzene rings is 3. The zero-order chi connectivity index (χ0) is 17.2. The Labute approximate surface area is 147 Å². The summed E-state index contributed by atoms with van der Waals surface area (Å²) in [4.78, 5) is 4.81. The van der Waals surface area contributed by atoms with E-state index in [1.807, 2.05) is 30.3 Å². The lowest BCUT2D eigenvalue weighted by Gasteiger charge is -2.03. The summed E-state index contributed by atoms with van der Waals surface area (Å²) in [5, 5.41) is 0. The van der Waals surface area contributed by atoms with Gasteiger partial charge in [-0.2, -0.15) is 0 Å². The van der Waals surface area contributed by atoms with Crippen molar-refractivity contribution in [1.29, 1.82) is 0 Å². The van der Waals surface area contributed by atoms with E-state index in [0.717, 1.165) is 28.1 Å². The average Bonchev–Trinajstić information content (AvgIpc) is 3.09. The summed E-state index contributed by atoms with van der Waals surface area (Å²) >= 11 is 0. The Hall–Kier alpha value is -3.13. The minimum absolute atomic E-state index is 0.645. The molecule has 2 nitrogen and oxygen atoms in total. The van der Waals surface area contributed by atoms with Crippen LogP contribution in [-0.4, -0.2) is 4.98 Å². The second kappa shape index (κ2) is 6.40. The van der Waals surface area contributed by atoms with Gasteiger partial charge in [-0.05, 0) is 26.0 Å². The van der Waals surface area contributed by atoms with Gasteiger partial charge in [0.05, 0.1) is 0 Å². The summed E-state index contributed by atoms with van der Waals surface area (Å²) in [5.41, 5.74) is 6.41. The van der Waals surface area contributed by atoms with Gasteiger partial charge < -0.3 is 4.42 Å². The van der Waals surface area contributed by atoms with Gasteiger partial charge in [0.2, 0.25) is 5.89 Å². The molecule has 0 radical (unpaired) electrons.